The van der Waals surface area contributed by atoms with Crippen molar-refractivity contribution in [2.75, 3.05) is 7.05 Å². The monoisotopic (exact) mass is 444 g/mol. The Kier molecular flexibility index (Phi) is 6.14. The summed E-state index contributed by atoms with van der Waals surface area (Å²) in [5.74, 6) is -4.00. The maximum atomic E-state index is 13.0. The number of aromatic nitrogens is 2. The second-order valence-corrected chi connectivity index (χ2v) is 7.63. The van der Waals surface area contributed by atoms with Gasteiger partial charge in [-0.15, -0.1) is 10.2 Å². The SMILES string of the molecule is Cc1nnc(C(=O)NC(C)(C)C2=NC(C(=O)NCc3ccc(F)cc3)C(=O)C(=O)N2C)o1. The topological polar surface area (TPSA) is 147 Å². The largest absolute Gasteiger partial charge is 0.417 e. The third kappa shape index (κ3) is 4.68. The number of hydrogen-bond donors (Lipinski definition) is 2. The number of ketones is 1. The molecule has 11 nitrogen and oxygen atoms in total. The number of hydrogen-bond acceptors (Lipinski definition) is 8. The van der Waals surface area contributed by atoms with Gasteiger partial charge in [0.1, 0.15) is 11.7 Å². The van der Waals surface area contributed by atoms with Crippen LogP contribution in [0.3, 0.4) is 0 Å². The fourth-order valence-electron chi connectivity index (χ4n) is 3.07. The van der Waals surface area contributed by atoms with Gasteiger partial charge in [-0.3, -0.25) is 24.1 Å². The summed E-state index contributed by atoms with van der Waals surface area (Å²) in [6, 6.07) is 3.79. The minimum Gasteiger partial charge on any atom is -0.417 e. The molecule has 12 heteroatoms. The molecule has 0 saturated carbocycles. The average molecular weight is 444 g/mol. The highest BCUT2D eigenvalue weighted by atomic mass is 19.1. The molecular formula is C20H21FN6O5. The van der Waals surface area contributed by atoms with Gasteiger partial charge < -0.3 is 15.1 Å². The normalized spacial score (nSPS) is 16.6. The minimum absolute atomic E-state index is 0.00591. The van der Waals surface area contributed by atoms with E-state index in [1.165, 1.54) is 38.2 Å². The van der Waals surface area contributed by atoms with Crippen LogP contribution >= 0.6 is 0 Å². The van der Waals surface area contributed by atoms with E-state index in [1.54, 1.807) is 13.8 Å². The molecule has 0 spiro atoms. The standard InChI is InChI=1S/C20H21FN6O5/c1-10-25-26-17(32-10)16(30)24-20(2,3)19-23-13(14(28)18(31)27(19)4)15(29)22-9-11-5-7-12(21)8-6-11/h5-8,13H,9H2,1-4H3,(H,22,29)(H,24,30). The molecule has 0 aliphatic carbocycles. The van der Waals surface area contributed by atoms with Gasteiger partial charge in [0.05, 0.1) is 5.54 Å². The molecule has 0 radical (unpaired) electrons. The van der Waals surface area contributed by atoms with Crippen LogP contribution in [0.25, 0.3) is 0 Å². The molecule has 1 aromatic carbocycles. The molecule has 2 aromatic rings. The number of aryl methyl sites for hydroxylation is 1. The van der Waals surface area contributed by atoms with Gasteiger partial charge in [-0.1, -0.05) is 12.1 Å². The van der Waals surface area contributed by atoms with E-state index in [0.29, 0.717) is 5.56 Å². The fourth-order valence-corrected chi connectivity index (χ4v) is 3.07. The molecule has 1 aliphatic heterocycles. The van der Waals surface area contributed by atoms with Crippen molar-refractivity contribution in [1.82, 2.24) is 25.7 Å². The van der Waals surface area contributed by atoms with Gasteiger partial charge in [0, 0.05) is 20.5 Å². The number of nitrogens with one attached hydrogen (secondary N) is 2. The van der Waals surface area contributed by atoms with Gasteiger partial charge in [0.2, 0.25) is 5.89 Å². The summed E-state index contributed by atoms with van der Waals surface area (Å²) in [6.07, 6.45) is 0. The first kappa shape index (κ1) is 22.7. The minimum atomic E-state index is -1.63. The Bertz CT molecular complexity index is 1110. The molecule has 0 saturated heterocycles. The molecule has 1 atom stereocenters. The van der Waals surface area contributed by atoms with E-state index in [1.807, 2.05) is 0 Å². The van der Waals surface area contributed by atoms with Crippen LogP contribution in [-0.4, -0.2) is 63.1 Å². The molecule has 0 bridgehead atoms. The summed E-state index contributed by atoms with van der Waals surface area (Å²) in [7, 11) is 1.32. The first-order chi connectivity index (χ1) is 15.0. The van der Waals surface area contributed by atoms with Crippen LogP contribution in [0.2, 0.25) is 0 Å². The number of aliphatic imine (C=N–C) groups is 1. The van der Waals surface area contributed by atoms with Crippen molar-refractivity contribution in [3.05, 3.63) is 47.4 Å². The summed E-state index contributed by atoms with van der Waals surface area (Å²) >= 11 is 0. The molecule has 168 valence electrons. The van der Waals surface area contributed by atoms with Crippen LogP contribution < -0.4 is 10.6 Å². The highest BCUT2D eigenvalue weighted by Gasteiger charge is 2.44. The third-order valence-electron chi connectivity index (χ3n) is 4.67. The fraction of sp³-hybridized carbons (Fsp3) is 0.350. The quantitative estimate of drug-likeness (QED) is 0.476. The number of halogens is 1. The third-order valence-corrected chi connectivity index (χ3v) is 4.67. The van der Waals surface area contributed by atoms with E-state index < -0.39 is 40.9 Å². The van der Waals surface area contributed by atoms with Crippen LogP contribution in [0.15, 0.2) is 33.7 Å². The zero-order valence-electron chi connectivity index (χ0n) is 17.8. The number of likely N-dealkylation sites (N-methyl/N-ethyl adjacent to an activating group) is 1. The smallest absolute Gasteiger partial charge is 0.309 e. The Morgan fingerprint density at radius 2 is 1.84 bits per heavy atom. The molecule has 2 N–H and O–H groups in total. The molecule has 0 fully saturated rings. The zero-order valence-corrected chi connectivity index (χ0v) is 17.8. The Labute approximate surface area is 182 Å². The number of carbonyl (C=O) groups excluding carboxylic acids is 4. The Morgan fingerprint density at radius 1 is 1.19 bits per heavy atom. The van der Waals surface area contributed by atoms with Gasteiger partial charge in [0.15, 0.2) is 6.04 Å². The van der Waals surface area contributed by atoms with Crippen molar-refractivity contribution in [1.29, 1.82) is 0 Å². The van der Waals surface area contributed by atoms with Crippen molar-refractivity contribution in [3.8, 4) is 0 Å². The maximum absolute atomic E-state index is 13.0. The Hall–Kier alpha value is -3.96. The zero-order chi connectivity index (χ0) is 23.6. The molecule has 2 heterocycles. The van der Waals surface area contributed by atoms with E-state index in [9.17, 15) is 23.6 Å². The van der Waals surface area contributed by atoms with Crippen molar-refractivity contribution in [2.24, 2.45) is 4.99 Å². The Morgan fingerprint density at radius 3 is 2.44 bits per heavy atom. The van der Waals surface area contributed by atoms with Crippen LogP contribution in [0.5, 0.6) is 0 Å². The molecule has 32 heavy (non-hydrogen) atoms. The van der Waals surface area contributed by atoms with Gasteiger partial charge in [0.25, 0.3) is 17.6 Å². The van der Waals surface area contributed by atoms with Gasteiger partial charge in [-0.25, -0.2) is 9.38 Å². The van der Waals surface area contributed by atoms with Crippen LogP contribution in [-0.2, 0) is 20.9 Å². The average Bonchev–Trinajstić information content (AvgIpc) is 3.17. The predicted octanol–water partition coefficient (Wildman–Crippen LogP) is 0.150. The lowest BCUT2D eigenvalue weighted by Gasteiger charge is -2.36. The van der Waals surface area contributed by atoms with E-state index in [-0.39, 0.29) is 24.2 Å². The summed E-state index contributed by atoms with van der Waals surface area (Å²) in [6.45, 7) is 4.61. The van der Waals surface area contributed by atoms with E-state index in [2.05, 4.69) is 25.8 Å². The predicted molar refractivity (Wildman–Crippen MR) is 108 cm³/mol. The number of nitrogens with zero attached hydrogens (tertiary/aromatic N) is 4. The van der Waals surface area contributed by atoms with Crippen LogP contribution in [0.4, 0.5) is 4.39 Å². The molecular weight excluding hydrogens is 423 g/mol. The van der Waals surface area contributed by atoms with Crippen molar-refractivity contribution in [3.63, 3.8) is 0 Å². The number of Topliss-reactive ketones (excluding diaryl/α,β-unsaturated/α-hetero) is 1. The second kappa shape index (κ2) is 8.65. The lowest BCUT2D eigenvalue weighted by molar-refractivity contribution is -0.145. The summed E-state index contributed by atoms with van der Waals surface area (Å²) in [5, 5.41) is 12.3. The molecule has 3 amide bonds. The summed E-state index contributed by atoms with van der Waals surface area (Å²) < 4.78 is 18.1. The van der Waals surface area contributed by atoms with Crippen molar-refractivity contribution in [2.45, 2.75) is 38.9 Å². The molecule has 1 aromatic heterocycles. The lowest BCUT2D eigenvalue weighted by atomic mass is 9.98. The number of rotatable bonds is 6. The molecule has 3 rings (SSSR count). The maximum Gasteiger partial charge on any atom is 0.309 e. The van der Waals surface area contributed by atoms with Gasteiger partial charge in [-0.05, 0) is 31.5 Å². The van der Waals surface area contributed by atoms with E-state index in [4.69, 9.17) is 4.42 Å². The summed E-state index contributed by atoms with van der Waals surface area (Å²) in [4.78, 5) is 55.1. The number of carbonyl (C=O) groups is 4. The van der Waals surface area contributed by atoms with Gasteiger partial charge >= 0.3 is 11.8 Å². The molecule has 1 unspecified atom stereocenters. The van der Waals surface area contributed by atoms with Crippen molar-refractivity contribution < 1.29 is 28.0 Å². The summed E-state index contributed by atoms with van der Waals surface area (Å²) in [5.41, 5.74) is -0.682. The first-order valence-corrected chi connectivity index (χ1v) is 9.54. The van der Waals surface area contributed by atoms with Gasteiger partial charge in [-0.2, -0.15) is 0 Å². The second-order valence-electron chi connectivity index (χ2n) is 7.63. The van der Waals surface area contributed by atoms with Crippen LogP contribution in [0, 0.1) is 12.7 Å². The van der Waals surface area contributed by atoms with E-state index >= 15 is 0 Å². The number of amides is 3. The van der Waals surface area contributed by atoms with Crippen LogP contribution in [0.1, 0.15) is 36.0 Å². The molecule has 1 aliphatic rings. The number of benzene rings is 1. The highest BCUT2D eigenvalue weighted by Crippen LogP contribution is 2.18. The van der Waals surface area contributed by atoms with E-state index in [0.717, 1.165) is 4.90 Å². The van der Waals surface area contributed by atoms with Crippen molar-refractivity contribution >= 4 is 29.3 Å². The number of amidine groups is 1. The lowest BCUT2D eigenvalue weighted by Crippen LogP contribution is -2.62. The first-order valence-electron chi connectivity index (χ1n) is 9.54. The Balaban J connectivity index is 1.80. The highest BCUT2D eigenvalue weighted by molar-refractivity contribution is 6.46.